The lowest BCUT2D eigenvalue weighted by Crippen LogP contribution is -1.96. The molecule has 0 radical (unpaired) electrons. The Bertz CT molecular complexity index is 950. The van der Waals surface area contributed by atoms with Crippen LogP contribution in [-0.4, -0.2) is 33.3 Å². The minimum Gasteiger partial charge on any atom is -0.504 e. The second kappa shape index (κ2) is 6.98. The molecule has 3 aromatic rings. The first-order valence-corrected chi connectivity index (χ1v) is 8.14. The number of hydrogen-bond donors (Lipinski definition) is 2. The molecule has 0 aliphatic heterocycles. The molecule has 1 aromatic heterocycles. The molecule has 0 aliphatic rings. The molecule has 0 saturated carbocycles. The van der Waals surface area contributed by atoms with Gasteiger partial charge < -0.3 is 9.84 Å². The molecular weight excluding hydrogens is 392 g/mol. The summed E-state index contributed by atoms with van der Waals surface area (Å²) >= 11 is 8.64. The van der Waals surface area contributed by atoms with Crippen molar-refractivity contribution in [3.8, 4) is 22.9 Å². The Morgan fingerprint density at radius 2 is 2.08 bits per heavy atom. The smallest absolute Gasteiger partial charge is 0.216 e. The summed E-state index contributed by atoms with van der Waals surface area (Å²) in [5.74, 6) is 1.02. The van der Waals surface area contributed by atoms with Gasteiger partial charge in [-0.25, -0.2) is 5.10 Å². The molecule has 0 aliphatic carbocycles. The number of aromatic nitrogens is 3. The van der Waals surface area contributed by atoms with E-state index in [1.807, 2.05) is 30.3 Å². The Morgan fingerprint density at radius 3 is 2.79 bits per heavy atom. The van der Waals surface area contributed by atoms with Crippen molar-refractivity contribution in [1.29, 1.82) is 0 Å². The fourth-order valence-corrected chi connectivity index (χ4v) is 2.73. The Labute approximate surface area is 151 Å². The molecule has 24 heavy (non-hydrogen) atoms. The van der Waals surface area contributed by atoms with E-state index in [1.165, 1.54) is 11.8 Å². The lowest BCUT2D eigenvalue weighted by molar-refractivity contribution is 0.373. The molecule has 6 nitrogen and oxygen atoms in total. The number of nitrogens with zero attached hydrogens (tertiary/aromatic N) is 3. The number of phenolic OH excluding ortho intramolecular Hbond substituents is 1. The standard InChI is InChI=1S/C16H13BrN4O2S/c1-23-14-7-11(12(17)8-13(14)22)9-18-21-15(19-20-16(21)24)10-5-3-2-4-6-10/h2-9,22H,1H3,(H,20,24)/b18-9-. The van der Waals surface area contributed by atoms with Gasteiger partial charge in [-0.2, -0.15) is 14.9 Å². The third kappa shape index (κ3) is 3.24. The number of halogens is 1. The van der Waals surface area contributed by atoms with Gasteiger partial charge in [-0.15, -0.1) is 0 Å². The molecule has 2 N–H and O–H groups in total. The highest BCUT2D eigenvalue weighted by atomic mass is 79.9. The molecule has 122 valence electrons. The van der Waals surface area contributed by atoms with Gasteiger partial charge in [-0.1, -0.05) is 30.3 Å². The number of H-pyrrole nitrogens is 1. The van der Waals surface area contributed by atoms with E-state index in [0.717, 1.165) is 11.1 Å². The van der Waals surface area contributed by atoms with E-state index in [0.29, 0.717) is 20.8 Å². The number of aromatic amines is 1. The zero-order chi connectivity index (χ0) is 17.1. The Kier molecular flexibility index (Phi) is 4.77. The second-order valence-corrected chi connectivity index (χ2v) is 6.06. The van der Waals surface area contributed by atoms with E-state index in [9.17, 15) is 5.11 Å². The number of phenols is 1. The predicted molar refractivity (Wildman–Crippen MR) is 98.2 cm³/mol. The molecule has 0 bridgehead atoms. The van der Waals surface area contributed by atoms with Crippen molar-refractivity contribution in [3.63, 3.8) is 0 Å². The molecule has 0 fully saturated rings. The lowest BCUT2D eigenvalue weighted by Gasteiger charge is -2.06. The molecule has 0 unspecified atom stereocenters. The van der Waals surface area contributed by atoms with Crippen molar-refractivity contribution in [2.24, 2.45) is 5.10 Å². The van der Waals surface area contributed by atoms with Crippen LogP contribution in [0.2, 0.25) is 0 Å². The first-order valence-electron chi connectivity index (χ1n) is 6.94. The fraction of sp³-hybridized carbons (Fsp3) is 0.0625. The highest BCUT2D eigenvalue weighted by Crippen LogP contribution is 2.31. The van der Waals surface area contributed by atoms with Gasteiger partial charge in [0.1, 0.15) is 0 Å². The molecule has 3 rings (SSSR count). The lowest BCUT2D eigenvalue weighted by atomic mass is 10.2. The maximum atomic E-state index is 9.77. The van der Waals surface area contributed by atoms with Crippen LogP contribution in [-0.2, 0) is 0 Å². The van der Waals surface area contributed by atoms with Gasteiger partial charge in [0.05, 0.1) is 13.3 Å². The summed E-state index contributed by atoms with van der Waals surface area (Å²) in [6.45, 7) is 0. The SMILES string of the molecule is COc1cc(/C=N\n2c(-c3ccccc3)n[nH]c2=S)c(Br)cc1O. The third-order valence-corrected chi connectivity index (χ3v) is 4.24. The summed E-state index contributed by atoms with van der Waals surface area (Å²) in [7, 11) is 1.49. The summed E-state index contributed by atoms with van der Waals surface area (Å²) in [6.07, 6.45) is 1.61. The van der Waals surface area contributed by atoms with Gasteiger partial charge in [0, 0.05) is 15.6 Å². The monoisotopic (exact) mass is 404 g/mol. The van der Waals surface area contributed by atoms with Crippen LogP contribution in [0.5, 0.6) is 11.5 Å². The van der Waals surface area contributed by atoms with Gasteiger partial charge in [0.2, 0.25) is 4.77 Å². The summed E-state index contributed by atoms with van der Waals surface area (Å²) in [5.41, 5.74) is 1.62. The molecular formula is C16H13BrN4O2S. The van der Waals surface area contributed by atoms with Crippen LogP contribution in [0.1, 0.15) is 5.56 Å². The number of ether oxygens (including phenoxy) is 1. The van der Waals surface area contributed by atoms with Gasteiger partial charge in [-0.05, 0) is 40.3 Å². The van der Waals surface area contributed by atoms with Gasteiger partial charge in [-0.3, -0.25) is 0 Å². The summed E-state index contributed by atoms with van der Waals surface area (Å²) in [4.78, 5) is 0. The molecule has 0 spiro atoms. The minimum absolute atomic E-state index is 0.0476. The van der Waals surface area contributed by atoms with E-state index in [1.54, 1.807) is 18.3 Å². The van der Waals surface area contributed by atoms with Crippen molar-refractivity contribution < 1.29 is 9.84 Å². The van der Waals surface area contributed by atoms with Crippen molar-refractivity contribution in [1.82, 2.24) is 14.9 Å². The number of benzene rings is 2. The van der Waals surface area contributed by atoms with Gasteiger partial charge in [0.25, 0.3) is 0 Å². The number of methoxy groups -OCH3 is 1. The van der Waals surface area contributed by atoms with Crippen molar-refractivity contribution in [3.05, 3.63) is 57.3 Å². The largest absolute Gasteiger partial charge is 0.504 e. The number of nitrogens with one attached hydrogen (secondary N) is 1. The van der Waals surface area contributed by atoms with Crippen LogP contribution >= 0.6 is 28.1 Å². The minimum atomic E-state index is 0.0476. The van der Waals surface area contributed by atoms with Crippen molar-refractivity contribution >= 4 is 34.4 Å². The number of aromatic hydroxyl groups is 1. The first-order chi connectivity index (χ1) is 11.6. The number of hydrogen-bond acceptors (Lipinski definition) is 5. The fourth-order valence-electron chi connectivity index (χ4n) is 2.11. The molecule has 1 heterocycles. The van der Waals surface area contributed by atoms with Crippen molar-refractivity contribution in [2.45, 2.75) is 0 Å². The quantitative estimate of drug-likeness (QED) is 0.509. The maximum Gasteiger partial charge on any atom is 0.216 e. The summed E-state index contributed by atoms with van der Waals surface area (Å²) in [6, 6.07) is 12.8. The number of rotatable bonds is 4. The van der Waals surface area contributed by atoms with Crippen LogP contribution < -0.4 is 4.74 Å². The summed E-state index contributed by atoms with van der Waals surface area (Å²) < 4.78 is 7.72. The van der Waals surface area contributed by atoms with Crippen LogP contribution in [0, 0.1) is 4.77 Å². The van der Waals surface area contributed by atoms with Gasteiger partial charge in [0.15, 0.2) is 17.3 Å². The van der Waals surface area contributed by atoms with E-state index in [-0.39, 0.29) is 5.75 Å². The van der Waals surface area contributed by atoms with Crippen molar-refractivity contribution in [2.75, 3.05) is 7.11 Å². The molecule has 0 saturated heterocycles. The maximum absolute atomic E-state index is 9.77. The summed E-state index contributed by atoms with van der Waals surface area (Å²) in [5, 5.41) is 21.1. The van der Waals surface area contributed by atoms with Crippen LogP contribution in [0.3, 0.4) is 0 Å². The Hall–Kier alpha value is -2.45. The van der Waals surface area contributed by atoms with Crippen LogP contribution in [0.15, 0.2) is 52.0 Å². The van der Waals surface area contributed by atoms with Gasteiger partial charge >= 0.3 is 0 Å². The zero-order valence-electron chi connectivity index (χ0n) is 12.6. The van der Waals surface area contributed by atoms with E-state index < -0.39 is 0 Å². The van der Waals surface area contributed by atoms with E-state index in [2.05, 4.69) is 31.2 Å². The van der Waals surface area contributed by atoms with E-state index >= 15 is 0 Å². The molecule has 0 amide bonds. The average molecular weight is 405 g/mol. The normalized spacial score (nSPS) is 11.1. The average Bonchev–Trinajstić information content (AvgIpc) is 2.96. The van der Waals surface area contributed by atoms with E-state index in [4.69, 9.17) is 17.0 Å². The molecule has 2 aromatic carbocycles. The molecule has 8 heteroatoms. The third-order valence-electron chi connectivity index (χ3n) is 3.29. The zero-order valence-corrected chi connectivity index (χ0v) is 15.0. The predicted octanol–water partition coefficient (Wildman–Crippen LogP) is 3.97. The highest BCUT2D eigenvalue weighted by molar-refractivity contribution is 9.10. The van der Waals surface area contributed by atoms with Crippen LogP contribution in [0.4, 0.5) is 0 Å². The Morgan fingerprint density at radius 1 is 1.33 bits per heavy atom. The Balaban J connectivity index is 2.02. The molecule has 0 atom stereocenters. The van der Waals surface area contributed by atoms with Crippen LogP contribution in [0.25, 0.3) is 11.4 Å². The topological polar surface area (TPSA) is 75.4 Å². The first kappa shape index (κ1) is 16.4. The second-order valence-electron chi connectivity index (χ2n) is 4.82. The highest BCUT2D eigenvalue weighted by Gasteiger charge is 2.09.